The van der Waals surface area contributed by atoms with Gasteiger partial charge in [0.1, 0.15) is 17.2 Å². The summed E-state index contributed by atoms with van der Waals surface area (Å²) in [5, 5.41) is 7.99. The first kappa shape index (κ1) is 17.1. The third-order valence-electron chi connectivity index (χ3n) is 5.64. The molecular weight excluding hydrogens is 328 g/mol. The monoisotopic (exact) mass is 354 g/mol. The minimum Gasteiger partial charge on any atom is -0.459 e. The number of aromatic amines is 1. The maximum Gasteiger partial charge on any atom is 0.343 e. The molecule has 0 amide bonds. The van der Waals surface area contributed by atoms with E-state index < -0.39 is 0 Å². The average molecular weight is 354 g/mol. The van der Waals surface area contributed by atoms with E-state index in [2.05, 4.69) is 34.2 Å². The van der Waals surface area contributed by atoms with Crippen molar-refractivity contribution in [2.75, 3.05) is 13.1 Å². The maximum absolute atomic E-state index is 11.7. The van der Waals surface area contributed by atoms with Crippen molar-refractivity contribution in [3.8, 4) is 0 Å². The van der Waals surface area contributed by atoms with Gasteiger partial charge in [0.15, 0.2) is 0 Å². The summed E-state index contributed by atoms with van der Waals surface area (Å²) in [5.41, 5.74) is 2.14. The van der Waals surface area contributed by atoms with Crippen molar-refractivity contribution in [2.45, 2.75) is 46.2 Å². The minimum absolute atomic E-state index is 0.0969. The highest BCUT2D eigenvalue weighted by Crippen LogP contribution is 2.28. The van der Waals surface area contributed by atoms with Gasteiger partial charge < -0.3 is 4.42 Å². The van der Waals surface area contributed by atoms with Gasteiger partial charge in [-0.2, -0.15) is 5.10 Å². The third-order valence-corrected chi connectivity index (χ3v) is 5.64. The minimum atomic E-state index is -0.0969. The van der Waals surface area contributed by atoms with Crippen LogP contribution in [-0.4, -0.2) is 32.8 Å². The van der Waals surface area contributed by atoms with Crippen molar-refractivity contribution in [1.29, 1.82) is 0 Å². The third kappa shape index (κ3) is 3.21. The van der Waals surface area contributed by atoms with Crippen LogP contribution in [0.4, 0.5) is 0 Å². The molecule has 0 spiro atoms. The number of nitrogens with zero attached hydrogens (tertiary/aromatic N) is 3. The number of fused-ring (bicyclic) bond motifs is 1. The largest absolute Gasteiger partial charge is 0.459 e. The van der Waals surface area contributed by atoms with Crippen LogP contribution in [0.2, 0.25) is 0 Å². The van der Waals surface area contributed by atoms with Crippen LogP contribution in [-0.2, 0) is 19.5 Å². The highest BCUT2D eigenvalue weighted by molar-refractivity contribution is 5.81. The van der Waals surface area contributed by atoms with Gasteiger partial charge in [0.05, 0.1) is 6.54 Å². The Kier molecular flexibility index (Phi) is 4.68. The van der Waals surface area contributed by atoms with Crippen molar-refractivity contribution in [2.24, 2.45) is 5.92 Å². The Bertz CT molecular complexity index is 944. The summed E-state index contributed by atoms with van der Waals surface area (Å²) in [5.74, 6) is 2.56. The molecule has 4 rings (SSSR count). The Hall–Kier alpha value is -2.34. The zero-order valence-electron chi connectivity index (χ0n) is 15.5. The second-order valence-corrected chi connectivity index (χ2v) is 7.26. The number of aromatic nitrogens is 3. The molecule has 0 radical (unpaired) electrons. The van der Waals surface area contributed by atoms with Crippen LogP contribution in [0.25, 0.3) is 11.0 Å². The standard InChI is InChI=1S/C20H26N4O2/c1-3-24-19(21-22-20(24)25)12-15-8-10-23(11-9-15)13-18-14(2)16-6-4-5-7-17(16)26-18/h4-7,15H,3,8-13H2,1-2H3,(H,22,25). The zero-order valence-corrected chi connectivity index (χ0v) is 15.5. The van der Waals surface area contributed by atoms with Crippen LogP contribution in [0.3, 0.4) is 0 Å². The molecule has 2 aromatic heterocycles. The highest BCUT2D eigenvalue weighted by Gasteiger charge is 2.23. The zero-order chi connectivity index (χ0) is 18.1. The molecule has 0 atom stereocenters. The van der Waals surface area contributed by atoms with Gasteiger partial charge in [-0.05, 0) is 57.3 Å². The fourth-order valence-corrected chi connectivity index (χ4v) is 4.02. The molecule has 1 N–H and O–H groups in total. The predicted octanol–water partition coefficient (Wildman–Crippen LogP) is 3.10. The van der Waals surface area contributed by atoms with E-state index >= 15 is 0 Å². The van der Waals surface area contributed by atoms with Gasteiger partial charge >= 0.3 is 5.69 Å². The fraction of sp³-hybridized carbons (Fsp3) is 0.500. The van der Waals surface area contributed by atoms with E-state index in [-0.39, 0.29) is 5.69 Å². The van der Waals surface area contributed by atoms with Crippen molar-refractivity contribution in [3.63, 3.8) is 0 Å². The van der Waals surface area contributed by atoms with Gasteiger partial charge in [-0.3, -0.25) is 9.47 Å². The van der Waals surface area contributed by atoms with Crippen molar-refractivity contribution in [1.82, 2.24) is 19.7 Å². The second-order valence-electron chi connectivity index (χ2n) is 7.26. The summed E-state index contributed by atoms with van der Waals surface area (Å²) >= 11 is 0. The van der Waals surface area contributed by atoms with Gasteiger partial charge in [0, 0.05) is 18.4 Å². The van der Waals surface area contributed by atoms with E-state index in [0.717, 1.165) is 56.1 Å². The molecule has 26 heavy (non-hydrogen) atoms. The Balaban J connectivity index is 1.37. The molecule has 3 heterocycles. The number of furan rings is 1. The van der Waals surface area contributed by atoms with Crippen molar-refractivity contribution in [3.05, 3.63) is 51.9 Å². The Labute approximate surface area is 152 Å². The number of piperidine rings is 1. The first-order chi connectivity index (χ1) is 12.7. The Morgan fingerprint density at radius 1 is 1.27 bits per heavy atom. The molecule has 3 aromatic rings. The normalized spacial score (nSPS) is 16.5. The Morgan fingerprint density at radius 3 is 2.77 bits per heavy atom. The van der Waals surface area contributed by atoms with Crippen LogP contribution >= 0.6 is 0 Å². The molecule has 0 unspecified atom stereocenters. The molecule has 1 aliphatic rings. The van der Waals surface area contributed by atoms with Gasteiger partial charge in [0.2, 0.25) is 0 Å². The van der Waals surface area contributed by atoms with Crippen LogP contribution in [0.1, 0.15) is 36.9 Å². The first-order valence-electron chi connectivity index (χ1n) is 9.49. The summed E-state index contributed by atoms with van der Waals surface area (Å²) in [4.78, 5) is 14.2. The van der Waals surface area contributed by atoms with E-state index in [1.54, 1.807) is 4.57 Å². The molecular formula is C20H26N4O2. The lowest BCUT2D eigenvalue weighted by Gasteiger charge is -2.31. The smallest absolute Gasteiger partial charge is 0.343 e. The molecule has 6 heteroatoms. The maximum atomic E-state index is 11.7. The van der Waals surface area contributed by atoms with E-state index in [1.165, 1.54) is 10.9 Å². The quantitative estimate of drug-likeness (QED) is 0.764. The number of aryl methyl sites for hydroxylation is 1. The van der Waals surface area contributed by atoms with E-state index in [4.69, 9.17) is 4.42 Å². The number of H-pyrrole nitrogens is 1. The summed E-state index contributed by atoms with van der Waals surface area (Å²) in [6, 6.07) is 8.24. The highest BCUT2D eigenvalue weighted by atomic mass is 16.3. The van der Waals surface area contributed by atoms with Gasteiger partial charge in [-0.25, -0.2) is 9.89 Å². The lowest BCUT2D eigenvalue weighted by atomic mass is 9.93. The molecule has 1 aliphatic heterocycles. The van der Waals surface area contributed by atoms with Crippen LogP contribution in [0.5, 0.6) is 0 Å². The lowest BCUT2D eigenvalue weighted by molar-refractivity contribution is 0.165. The predicted molar refractivity (Wildman–Crippen MR) is 101 cm³/mol. The summed E-state index contributed by atoms with van der Waals surface area (Å²) in [6.45, 7) is 7.79. The van der Waals surface area contributed by atoms with Gasteiger partial charge in [-0.15, -0.1) is 0 Å². The fourth-order valence-electron chi connectivity index (χ4n) is 4.02. The van der Waals surface area contributed by atoms with E-state index in [1.807, 2.05) is 19.1 Å². The SMILES string of the molecule is CCn1c(CC2CCN(Cc3oc4ccccc4c3C)CC2)n[nH]c1=O. The number of rotatable bonds is 5. The molecule has 0 aliphatic carbocycles. The molecule has 1 saturated heterocycles. The van der Waals surface area contributed by atoms with Crippen molar-refractivity contribution >= 4 is 11.0 Å². The van der Waals surface area contributed by atoms with Crippen LogP contribution in [0, 0.1) is 12.8 Å². The average Bonchev–Trinajstić information content (AvgIpc) is 3.17. The van der Waals surface area contributed by atoms with Crippen LogP contribution < -0.4 is 5.69 Å². The van der Waals surface area contributed by atoms with Gasteiger partial charge in [0.25, 0.3) is 0 Å². The van der Waals surface area contributed by atoms with E-state index in [0.29, 0.717) is 12.5 Å². The van der Waals surface area contributed by atoms with E-state index in [9.17, 15) is 4.79 Å². The number of nitrogens with one attached hydrogen (secondary N) is 1. The van der Waals surface area contributed by atoms with Crippen LogP contribution in [0.15, 0.2) is 33.5 Å². The summed E-state index contributed by atoms with van der Waals surface area (Å²) in [7, 11) is 0. The molecule has 6 nitrogen and oxygen atoms in total. The second kappa shape index (κ2) is 7.11. The molecule has 1 aromatic carbocycles. The molecule has 0 bridgehead atoms. The molecule has 138 valence electrons. The molecule has 0 saturated carbocycles. The number of likely N-dealkylation sites (tertiary alicyclic amines) is 1. The number of benzene rings is 1. The number of hydrogen-bond acceptors (Lipinski definition) is 4. The Morgan fingerprint density at radius 2 is 2.04 bits per heavy atom. The lowest BCUT2D eigenvalue weighted by Crippen LogP contribution is -2.34. The number of hydrogen-bond donors (Lipinski definition) is 1. The number of para-hydroxylation sites is 1. The summed E-state index contributed by atoms with van der Waals surface area (Å²) in [6.07, 6.45) is 3.14. The van der Waals surface area contributed by atoms with Crippen molar-refractivity contribution < 1.29 is 4.42 Å². The van der Waals surface area contributed by atoms with Gasteiger partial charge in [-0.1, -0.05) is 18.2 Å². The topological polar surface area (TPSA) is 67.1 Å². The molecule has 1 fully saturated rings. The first-order valence-corrected chi connectivity index (χ1v) is 9.49. The summed E-state index contributed by atoms with van der Waals surface area (Å²) < 4.78 is 7.80.